The van der Waals surface area contributed by atoms with Crippen molar-refractivity contribution in [2.24, 2.45) is 5.92 Å². The molecule has 0 aliphatic heterocycles. The van der Waals surface area contributed by atoms with E-state index < -0.39 is 5.97 Å². The van der Waals surface area contributed by atoms with Gasteiger partial charge in [-0.2, -0.15) is 0 Å². The summed E-state index contributed by atoms with van der Waals surface area (Å²) in [6.07, 6.45) is 10.9. The van der Waals surface area contributed by atoms with E-state index in [0.717, 1.165) is 90.7 Å². The van der Waals surface area contributed by atoms with Gasteiger partial charge in [-0.15, -0.1) is 0 Å². The maximum atomic E-state index is 11.5. The van der Waals surface area contributed by atoms with Crippen LogP contribution in [-0.2, 0) is 11.2 Å². The molecule has 0 aliphatic rings. The molecule has 1 unspecified atom stereocenters. The number of aromatic nitrogens is 4. The van der Waals surface area contributed by atoms with Crippen molar-refractivity contribution in [3.05, 3.63) is 72.6 Å². The van der Waals surface area contributed by atoms with E-state index in [1.165, 1.54) is 0 Å². The van der Waals surface area contributed by atoms with E-state index in [0.29, 0.717) is 0 Å². The molecular weight excluding hydrogens is 436 g/mol. The van der Waals surface area contributed by atoms with Crippen molar-refractivity contribution >= 4 is 17.0 Å². The number of fused-ring (bicyclic) bond motifs is 1. The van der Waals surface area contributed by atoms with E-state index in [1.807, 2.05) is 48.5 Å². The van der Waals surface area contributed by atoms with Crippen LogP contribution in [0.25, 0.3) is 33.8 Å². The number of benzene rings is 1. The fraction of sp³-hybridized carbons (Fsp3) is 0.345. The smallest absolute Gasteiger partial charge is 0.306 e. The number of carboxylic acid groups (broad SMARTS) is 1. The first kappa shape index (κ1) is 24.5. The Bertz CT molecular complexity index is 1250. The van der Waals surface area contributed by atoms with Gasteiger partial charge in [0.05, 0.1) is 28.3 Å². The first-order valence-electron chi connectivity index (χ1n) is 12.5. The van der Waals surface area contributed by atoms with Crippen molar-refractivity contribution in [1.29, 1.82) is 0 Å². The van der Waals surface area contributed by atoms with Crippen LogP contribution in [0.2, 0.25) is 0 Å². The summed E-state index contributed by atoms with van der Waals surface area (Å²) in [7, 11) is 0. The Morgan fingerprint density at radius 3 is 2.11 bits per heavy atom. The molecule has 0 spiro atoms. The number of unbranched alkanes of at least 4 members (excludes halogenated alkanes) is 3. The number of carboxylic acids is 1. The number of para-hydroxylation sites is 1. The second-order valence-corrected chi connectivity index (χ2v) is 8.91. The molecule has 1 atom stereocenters. The van der Waals surface area contributed by atoms with Crippen LogP contribution in [0.3, 0.4) is 0 Å². The van der Waals surface area contributed by atoms with Crippen LogP contribution in [0.1, 0.15) is 57.4 Å². The first-order valence-corrected chi connectivity index (χ1v) is 12.5. The van der Waals surface area contributed by atoms with Crippen LogP contribution >= 0.6 is 0 Å². The lowest BCUT2D eigenvalue weighted by Gasteiger charge is -2.13. The van der Waals surface area contributed by atoms with Gasteiger partial charge in [-0.3, -0.25) is 14.8 Å². The summed E-state index contributed by atoms with van der Waals surface area (Å²) in [6, 6.07) is 17.7. The zero-order chi connectivity index (χ0) is 24.5. The van der Waals surface area contributed by atoms with Crippen LogP contribution < -0.4 is 0 Å². The highest BCUT2D eigenvalue weighted by Gasteiger charge is 2.17. The summed E-state index contributed by atoms with van der Waals surface area (Å²) >= 11 is 0. The highest BCUT2D eigenvalue weighted by atomic mass is 16.4. The molecule has 35 heavy (non-hydrogen) atoms. The quantitative estimate of drug-likeness (QED) is 0.231. The minimum atomic E-state index is -0.659. The number of hydrogen-bond acceptors (Lipinski definition) is 5. The molecule has 0 saturated heterocycles. The lowest BCUT2D eigenvalue weighted by atomic mass is 9.95. The zero-order valence-electron chi connectivity index (χ0n) is 20.2. The van der Waals surface area contributed by atoms with Gasteiger partial charge in [0.15, 0.2) is 0 Å². The number of aliphatic carboxylic acids is 1. The molecule has 1 aromatic carbocycles. The normalized spacial score (nSPS) is 12.0. The van der Waals surface area contributed by atoms with Crippen LogP contribution in [-0.4, -0.2) is 31.0 Å². The number of pyridine rings is 2. The first-order chi connectivity index (χ1) is 17.2. The summed E-state index contributed by atoms with van der Waals surface area (Å²) in [5.41, 5.74) is 5.87. The van der Waals surface area contributed by atoms with Crippen molar-refractivity contribution in [2.75, 3.05) is 0 Å². The molecule has 4 aromatic rings. The van der Waals surface area contributed by atoms with Crippen molar-refractivity contribution in [3.63, 3.8) is 0 Å². The summed E-state index contributed by atoms with van der Waals surface area (Å²) in [5, 5.41) is 9.45. The van der Waals surface area contributed by atoms with E-state index in [2.05, 4.69) is 23.0 Å². The van der Waals surface area contributed by atoms with Gasteiger partial charge in [0.2, 0.25) is 0 Å². The number of aryl methyl sites for hydroxylation is 1. The molecule has 0 aliphatic carbocycles. The summed E-state index contributed by atoms with van der Waals surface area (Å²) < 4.78 is 0. The Balaban J connectivity index is 1.54. The Labute approximate surface area is 206 Å². The molecular formula is C29H32N4O2. The Morgan fingerprint density at radius 2 is 1.49 bits per heavy atom. The molecule has 0 bridgehead atoms. The average molecular weight is 469 g/mol. The Morgan fingerprint density at radius 1 is 0.800 bits per heavy atom. The molecule has 0 fully saturated rings. The predicted octanol–water partition coefficient (Wildman–Crippen LogP) is 6.75. The number of nitrogens with zero attached hydrogens (tertiary/aromatic N) is 4. The minimum Gasteiger partial charge on any atom is -0.481 e. The van der Waals surface area contributed by atoms with Crippen molar-refractivity contribution in [3.8, 4) is 22.8 Å². The highest BCUT2D eigenvalue weighted by molar-refractivity contribution is 5.86. The molecule has 3 heterocycles. The number of hydrogen-bond donors (Lipinski definition) is 1. The standard InChI is InChI=1S/C29H32N4O2/c1-2-3-12-22(29(34)35)14-6-4-5-13-21-15-11-18-25-26(21)33-28(24-17-8-10-20-31-24)27(32-25)23-16-7-9-19-30-23/h7-11,15-20,22H,2-6,12-14H2,1H3,(H,34,35). The molecule has 0 radical (unpaired) electrons. The SMILES string of the molecule is CCCCC(CCCCCc1cccc2nc(-c3ccccn3)c(-c3ccccn3)nc12)C(=O)O. The van der Waals surface area contributed by atoms with Crippen LogP contribution in [0.15, 0.2) is 67.0 Å². The molecule has 1 N–H and O–H groups in total. The molecule has 6 heteroatoms. The highest BCUT2D eigenvalue weighted by Crippen LogP contribution is 2.30. The van der Waals surface area contributed by atoms with Gasteiger partial charge in [-0.05, 0) is 61.6 Å². The van der Waals surface area contributed by atoms with E-state index in [1.54, 1.807) is 12.4 Å². The summed E-state index contributed by atoms with van der Waals surface area (Å²) in [4.78, 5) is 30.6. The third kappa shape index (κ3) is 6.27. The molecule has 0 amide bonds. The topological polar surface area (TPSA) is 88.9 Å². The minimum absolute atomic E-state index is 0.218. The van der Waals surface area contributed by atoms with E-state index in [-0.39, 0.29) is 5.92 Å². The fourth-order valence-corrected chi connectivity index (χ4v) is 4.42. The zero-order valence-corrected chi connectivity index (χ0v) is 20.2. The molecule has 180 valence electrons. The summed E-state index contributed by atoms with van der Waals surface area (Å²) in [6.45, 7) is 2.10. The third-order valence-electron chi connectivity index (χ3n) is 6.35. The summed E-state index contributed by atoms with van der Waals surface area (Å²) in [5.74, 6) is -0.877. The molecule has 6 nitrogen and oxygen atoms in total. The van der Waals surface area contributed by atoms with E-state index in [4.69, 9.17) is 9.97 Å². The second-order valence-electron chi connectivity index (χ2n) is 8.91. The van der Waals surface area contributed by atoms with Crippen molar-refractivity contribution in [2.45, 2.75) is 58.3 Å². The largest absolute Gasteiger partial charge is 0.481 e. The molecule has 3 aromatic heterocycles. The average Bonchev–Trinajstić information content (AvgIpc) is 2.90. The molecule has 0 saturated carbocycles. The monoisotopic (exact) mass is 468 g/mol. The van der Waals surface area contributed by atoms with Crippen LogP contribution in [0.4, 0.5) is 0 Å². The third-order valence-corrected chi connectivity index (χ3v) is 6.35. The van der Waals surface area contributed by atoms with Crippen molar-refractivity contribution in [1.82, 2.24) is 19.9 Å². The lowest BCUT2D eigenvalue weighted by molar-refractivity contribution is -0.142. The Kier molecular flexibility index (Phi) is 8.49. The Hall–Kier alpha value is -3.67. The van der Waals surface area contributed by atoms with E-state index >= 15 is 0 Å². The maximum absolute atomic E-state index is 11.5. The van der Waals surface area contributed by atoms with Crippen LogP contribution in [0.5, 0.6) is 0 Å². The number of rotatable bonds is 12. The van der Waals surface area contributed by atoms with Crippen molar-refractivity contribution < 1.29 is 9.90 Å². The van der Waals surface area contributed by atoms with Gasteiger partial charge in [-0.1, -0.05) is 56.9 Å². The van der Waals surface area contributed by atoms with E-state index in [9.17, 15) is 9.90 Å². The van der Waals surface area contributed by atoms with Crippen LogP contribution in [0, 0.1) is 5.92 Å². The van der Waals surface area contributed by atoms with Gasteiger partial charge < -0.3 is 5.11 Å². The van der Waals surface area contributed by atoms with Gasteiger partial charge in [-0.25, -0.2) is 9.97 Å². The van der Waals surface area contributed by atoms with Gasteiger partial charge >= 0.3 is 5.97 Å². The number of carbonyl (C=O) groups is 1. The predicted molar refractivity (Wildman–Crippen MR) is 139 cm³/mol. The lowest BCUT2D eigenvalue weighted by Crippen LogP contribution is -2.13. The second kappa shape index (κ2) is 12.2. The maximum Gasteiger partial charge on any atom is 0.306 e. The van der Waals surface area contributed by atoms with Gasteiger partial charge in [0.25, 0.3) is 0 Å². The van der Waals surface area contributed by atoms with Gasteiger partial charge in [0, 0.05) is 12.4 Å². The fourth-order valence-electron chi connectivity index (χ4n) is 4.42. The molecule has 4 rings (SSSR count). The van der Waals surface area contributed by atoms with Gasteiger partial charge in [0.1, 0.15) is 11.4 Å².